The minimum atomic E-state index is -3.89. The Hall–Kier alpha value is -3.36. The van der Waals surface area contributed by atoms with E-state index in [1.807, 2.05) is 18.2 Å². The van der Waals surface area contributed by atoms with Crippen LogP contribution in [0.3, 0.4) is 0 Å². The summed E-state index contributed by atoms with van der Waals surface area (Å²) in [5.41, 5.74) is 4.22. The number of carbonyl (C=O) groups excluding carboxylic acids is 1. The van der Waals surface area contributed by atoms with Gasteiger partial charge in [-0.3, -0.25) is 9.52 Å². The molecule has 0 radical (unpaired) electrons. The van der Waals surface area contributed by atoms with Gasteiger partial charge in [0.05, 0.1) is 17.7 Å². The molecule has 3 aromatic rings. The van der Waals surface area contributed by atoms with E-state index in [1.54, 1.807) is 44.4 Å². The highest BCUT2D eigenvalue weighted by atomic mass is 35.5. The maximum atomic E-state index is 12.7. The average molecular weight is 458 g/mol. The molecular weight excluding hydrogens is 438 g/mol. The Morgan fingerprint density at radius 2 is 1.71 bits per heavy atom. The molecule has 0 heterocycles. The van der Waals surface area contributed by atoms with Gasteiger partial charge in [-0.2, -0.15) is 5.10 Å². The first kappa shape index (κ1) is 22.3. The average Bonchev–Trinajstić information content (AvgIpc) is 2.78. The summed E-state index contributed by atoms with van der Waals surface area (Å²) in [5.74, 6) is 0.0807. The normalized spacial score (nSPS) is 11.6. The Morgan fingerprint density at radius 1 is 1.00 bits per heavy atom. The molecule has 0 atom stereocenters. The molecule has 0 unspecified atom stereocenters. The monoisotopic (exact) mass is 457 g/mol. The minimum Gasteiger partial charge on any atom is -0.496 e. The largest absolute Gasteiger partial charge is 0.496 e. The number of carbonyl (C=O) groups is 1. The van der Waals surface area contributed by atoms with Crippen molar-refractivity contribution < 1.29 is 17.9 Å². The number of halogens is 1. The van der Waals surface area contributed by atoms with E-state index < -0.39 is 15.9 Å². The Bertz CT molecular complexity index is 1230. The fourth-order valence-electron chi connectivity index (χ4n) is 2.74. The number of rotatable bonds is 7. The van der Waals surface area contributed by atoms with Crippen molar-refractivity contribution in [1.82, 2.24) is 5.43 Å². The van der Waals surface area contributed by atoms with Crippen molar-refractivity contribution in [3.05, 3.63) is 88.9 Å². The number of hydrogen-bond acceptors (Lipinski definition) is 5. The summed E-state index contributed by atoms with van der Waals surface area (Å²) in [5, 5.41) is 4.60. The zero-order chi connectivity index (χ0) is 22.4. The molecule has 31 heavy (non-hydrogen) atoms. The van der Waals surface area contributed by atoms with Gasteiger partial charge in [0.25, 0.3) is 15.9 Å². The third-order valence-corrected chi connectivity index (χ3v) is 5.96. The Balaban J connectivity index is 1.77. The molecule has 3 rings (SSSR count). The molecule has 0 aliphatic heterocycles. The molecule has 3 aromatic carbocycles. The van der Waals surface area contributed by atoms with Crippen LogP contribution in [0, 0.1) is 0 Å². The summed E-state index contributed by atoms with van der Waals surface area (Å²) in [7, 11) is -2.34. The summed E-state index contributed by atoms with van der Waals surface area (Å²) in [6.45, 7) is 1.73. The highest BCUT2D eigenvalue weighted by Gasteiger charge is 2.17. The van der Waals surface area contributed by atoms with Crippen molar-refractivity contribution in [2.45, 2.75) is 11.8 Å². The smallest absolute Gasteiger partial charge is 0.271 e. The van der Waals surface area contributed by atoms with Crippen molar-refractivity contribution in [1.29, 1.82) is 0 Å². The van der Waals surface area contributed by atoms with Crippen LogP contribution in [0.5, 0.6) is 5.75 Å². The highest BCUT2D eigenvalue weighted by molar-refractivity contribution is 7.92. The lowest BCUT2D eigenvalue weighted by Crippen LogP contribution is -2.20. The van der Waals surface area contributed by atoms with Gasteiger partial charge in [-0.1, -0.05) is 29.8 Å². The Labute approximate surface area is 185 Å². The number of hydrazone groups is 1. The van der Waals surface area contributed by atoms with Crippen LogP contribution >= 0.6 is 11.6 Å². The molecule has 0 aliphatic carbocycles. The maximum Gasteiger partial charge on any atom is 0.271 e. The van der Waals surface area contributed by atoms with Gasteiger partial charge in [-0.25, -0.2) is 13.8 Å². The van der Waals surface area contributed by atoms with Crippen LogP contribution in [-0.2, 0) is 10.0 Å². The summed E-state index contributed by atoms with van der Waals surface area (Å²) >= 11 is 5.82. The molecule has 0 spiro atoms. The predicted octanol–water partition coefficient (Wildman–Crippen LogP) is 4.30. The van der Waals surface area contributed by atoms with E-state index in [0.717, 1.165) is 5.56 Å². The summed E-state index contributed by atoms with van der Waals surface area (Å²) in [6.07, 6.45) is 0. The van der Waals surface area contributed by atoms with Gasteiger partial charge in [0, 0.05) is 21.8 Å². The molecule has 0 aromatic heterocycles. The van der Waals surface area contributed by atoms with Crippen molar-refractivity contribution >= 4 is 38.9 Å². The molecule has 1 amide bonds. The predicted molar refractivity (Wildman–Crippen MR) is 121 cm³/mol. The van der Waals surface area contributed by atoms with Crippen LogP contribution in [0.2, 0.25) is 5.02 Å². The van der Waals surface area contributed by atoms with Crippen LogP contribution < -0.4 is 14.9 Å². The standard InChI is InChI=1S/C22H20ClN3O4S/c1-15(20-8-3-4-9-21(20)30-2)24-25-22(27)16-6-5-7-19(14-16)31(28,29)26-18-12-10-17(23)11-13-18/h3-14,26H,1-2H3,(H,25,27)/b24-15+. The molecule has 0 saturated heterocycles. The molecular formula is C22H20ClN3O4S. The molecule has 7 nitrogen and oxygen atoms in total. The van der Waals surface area contributed by atoms with Crippen LogP contribution in [0.4, 0.5) is 5.69 Å². The molecule has 0 aliphatic rings. The number of sulfonamides is 1. The summed E-state index contributed by atoms with van der Waals surface area (Å²) in [6, 6.07) is 19.2. The van der Waals surface area contributed by atoms with Gasteiger partial charge in [0.2, 0.25) is 0 Å². The highest BCUT2D eigenvalue weighted by Crippen LogP contribution is 2.20. The number of ether oxygens (including phenoxy) is 1. The van der Waals surface area contributed by atoms with E-state index in [2.05, 4.69) is 15.2 Å². The van der Waals surface area contributed by atoms with Gasteiger partial charge in [-0.15, -0.1) is 0 Å². The number of hydrogen-bond donors (Lipinski definition) is 2. The van der Waals surface area contributed by atoms with E-state index in [1.165, 1.54) is 24.3 Å². The van der Waals surface area contributed by atoms with Gasteiger partial charge in [0.15, 0.2) is 0 Å². The number of nitrogens with one attached hydrogen (secondary N) is 2. The minimum absolute atomic E-state index is 0.0551. The molecule has 160 valence electrons. The van der Waals surface area contributed by atoms with Gasteiger partial charge in [0.1, 0.15) is 5.75 Å². The number of nitrogens with zero attached hydrogens (tertiary/aromatic N) is 1. The van der Waals surface area contributed by atoms with E-state index in [0.29, 0.717) is 22.2 Å². The molecule has 0 fully saturated rings. The van der Waals surface area contributed by atoms with Crippen molar-refractivity contribution in [3.63, 3.8) is 0 Å². The van der Waals surface area contributed by atoms with E-state index in [9.17, 15) is 13.2 Å². The fraction of sp³-hybridized carbons (Fsp3) is 0.0909. The zero-order valence-electron chi connectivity index (χ0n) is 16.8. The zero-order valence-corrected chi connectivity index (χ0v) is 18.4. The lowest BCUT2D eigenvalue weighted by Gasteiger charge is -2.10. The van der Waals surface area contributed by atoms with Crippen LogP contribution in [0.1, 0.15) is 22.8 Å². The first-order valence-electron chi connectivity index (χ1n) is 9.16. The Kier molecular flexibility index (Phi) is 6.94. The van der Waals surface area contributed by atoms with Crippen LogP contribution in [-0.4, -0.2) is 27.1 Å². The lowest BCUT2D eigenvalue weighted by atomic mass is 10.1. The van der Waals surface area contributed by atoms with Crippen molar-refractivity contribution in [2.75, 3.05) is 11.8 Å². The van der Waals surface area contributed by atoms with E-state index in [-0.39, 0.29) is 10.5 Å². The summed E-state index contributed by atoms with van der Waals surface area (Å²) in [4.78, 5) is 12.5. The molecule has 9 heteroatoms. The number of methoxy groups -OCH3 is 1. The third kappa shape index (κ3) is 5.62. The lowest BCUT2D eigenvalue weighted by molar-refractivity contribution is 0.0954. The van der Waals surface area contributed by atoms with Crippen LogP contribution in [0.15, 0.2) is 82.8 Å². The Morgan fingerprint density at radius 3 is 2.42 bits per heavy atom. The second-order valence-corrected chi connectivity index (χ2v) is 8.60. The van der Waals surface area contributed by atoms with Gasteiger partial charge < -0.3 is 4.74 Å². The quantitative estimate of drug-likeness (QED) is 0.408. The summed E-state index contributed by atoms with van der Waals surface area (Å²) < 4.78 is 33.1. The van der Waals surface area contributed by atoms with E-state index in [4.69, 9.17) is 16.3 Å². The second kappa shape index (κ2) is 9.63. The van der Waals surface area contributed by atoms with Crippen LogP contribution in [0.25, 0.3) is 0 Å². The maximum absolute atomic E-state index is 12.7. The number of para-hydroxylation sites is 1. The van der Waals surface area contributed by atoms with Crippen molar-refractivity contribution in [3.8, 4) is 5.75 Å². The van der Waals surface area contributed by atoms with Gasteiger partial charge >= 0.3 is 0 Å². The molecule has 0 bridgehead atoms. The number of benzene rings is 3. The SMILES string of the molecule is COc1ccccc1/C(C)=N/NC(=O)c1cccc(S(=O)(=O)Nc2ccc(Cl)cc2)c1. The topological polar surface area (TPSA) is 96.9 Å². The fourth-order valence-corrected chi connectivity index (χ4v) is 3.97. The number of amides is 1. The number of anilines is 1. The molecule has 2 N–H and O–H groups in total. The first-order chi connectivity index (χ1) is 14.8. The molecule has 0 saturated carbocycles. The second-order valence-electron chi connectivity index (χ2n) is 6.48. The first-order valence-corrected chi connectivity index (χ1v) is 11.0. The van der Waals surface area contributed by atoms with E-state index >= 15 is 0 Å². The third-order valence-electron chi connectivity index (χ3n) is 4.32. The van der Waals surface area contributed by atoms with Gasteiger partial charge in [-0.05, 0) is 61.5 Å². The van der Waals surface area contributed by atoms with Crippen molar-refractivity contribution in [2.24, 2.45) is 5.10 Å².